The van der Waals surface area contributed by atoms with Crippen LogP contribution in [0, 0.1) is 0 Å². The fraction of sp³-hybridized carbons (Fsp3) is 0.600. The Hall–Kier alpha value is -1.32. The summed E-state index contributed by atoms with van der Waals surface area (Å²) < 4.78 is 6.33. The molecule has 26 heavy (non-hydrogen) atoms. The molecule has 146 valence electrons. The normalized spacial score (nSPS) is 22.8. The average Bonchev–Trinajstić information content (AvgIpc) is 2.59. The van der Waals surface area contributed by atoms with Crippen molar-refractivity contribution in [1.29, 1.82) is 0 Å². The molecule has 0 radical (unpaired) electrons. The zero-order valence-electron chi connectivity index (χ0n) is 16.1. The maximum absolute atomic E-state index is 11.9. The van der Waals surface area contributed by atoms with E-state index in [-0.39, 0.29) is 22.8 Å². The molecule has 0 heterocycles. The molecule has 0 saturated carbocycles. The summed E-state index contributed by atoms with van der Waals surface area (Å²) in [6.07, 6.45) is 7.30. The number of hydrogen-bond donors (Lipinski definition) is 2. The number of carbonyl (C=O) groups is 2. The first-order valence-corrected chi connectivity index (χ1v) is 12.9. The molecule has 0 aliphatic heterocycles. The molecule has 1 amide bonds. The van der Waals surface area contributed by atoms with Crippen molar-refractivity contribution in [1.82, 2.24) is 5.32 Å². The van der Waals surface area contributed by atoms with Crippen molar-refractivity contribution in [3.05, 3.63) is 37.0 Å². The molecule has 1 rings (SSSR count). The van der Waals surface area contributed by atoms with E-state index >= 15 is 0 Å². The van der Waals surface area contributed by atoms with Crippen LogP contribution in [0.5, 0.6) is 0 Å². The fourth-order valence-electron chi connectivity index (χ4n) is 3.37. The Morgan fingerprint density at radius 3 is 2.35 bits per heavy atom. The van der Waals surface area contributed by atoms with Crippen LogP contribution in [0.1, 0.15) is 40.0 Å². The number of carboxylic acid groups (broad SMARTS) is 1. The molecule has 1 aliphatic carbocycles. The minimum atomic E-state index is -1.53. The number of aliphatic carboxylic acids is 1. The summed E-state index contributed by atoms with van der Waals surface area (Å²) in [6.45, 7) is 13.3. The van der Waals surface area contributed by atoms with E-state index in [1.807, 2.05) is 12.2 Å². The fourth-order valence-corrected chi connectivity index (χ4v) is 8.63. The molecule has 5 nitrogen and oxygen atoms in total. The van der Waals surface area contributed by atoms with Crippen molar-refractivity contribution >= 4 is 26.5 Å². The average molecular weight is 425 g/mol. The van der Waals surface area contributed by atoms with Crippen molar-refractivity contribution < 1.29 is 19.4 Å². The van der Waals surface area contributed by atoms with Gasteiger partial charge in [-0.15, -0.1) is 0 Å². The maximum atomic E-state index is 11.9. The van der Waals surface area contributed by atoms with E-state index in [1.54, 1.807) is 6.08 Å². The first kappa shape index (κ1) is 22.7. The van der Waals surface area contributed by atoms with Gasteiger partial charge in [0.2, 0.25) is 0 Å². The van der Waals surface area contributed by atoms with Gasteiger partial charge in [0.25, 0.3) is 0 Å². The summed E-state index contributed by atoms with van der Waals surface area (Å²) >= 11 is -1.53. The summed E-state index contributed by atoms with van der Waals surface area (Å²) in [7, 11) is 0. The molecule has 0 fully saturated rings. The molecule has 0 unspecified atom stereocenters. The van der Waals surface area contributed by atoms with Gasteiger partial charge in [0, 0.05) is 0 Å². The van der Waals surface area contributed by atoms with Crippen molar-refractivity contribution in [3.8, 4) is 0 Å². The Kier molecular flexibility index (Phi) is 9.96. The SMILES string of the molecule is C=CC[As](CC=C)[C@H]1CC(C(=O)O)=C[C@@H](OC(CC)CC)[C@H]1NC(C)=O. The first-order chi connectivity index (χ1) is 12.4. The second-order valence-corrected chi connectivity index (χ2v) is 12.0. The van der Waals surface area contributed by atoms with Crippen LogP contribution in [0.4, 0.5) is 0 Å². The van der Waals surface area contributed by atoms with Crippen LogP contribution in [0.15, 0.2) is 37.0 Å². The van der Waals surface area contributed by atoms with Gasteiger partial charge in [0.05, 0.1) is 0 Å². The number of nitrogens with one attached hydrogen (secondary N) is 1. The van der Waals surface area contributed by atoms with Crippen LogP contribution in [-0.2, 0) is 14.3 Å². The van der Waals surface area contributed by atoms with Crippen molar-refractivity contribution in [2.45, 2.75) is 73.4 Å². The summed E-state index contributed by atoms with van der Waals surface area (Å²) in [6, 6.07) is -0.198. The summed E-state index contributed by atoms with van der Waals surface area (Å²) in [5.74, 6) is -1.02. The summed E-state index contributed by atoms with van der Waals surface area (Å²) in [5, 5.41) is 14.4. The van der Waals surface area contributed by atoms with Gasteiger partial charge < -0.3 is 0 Å². The quantitative estimate of drug-likeness (QED) is 0.391. The molecule has 0 aromatic carbocycles. The predicted molar refractivity (Wildman–Crippen MR) is 107 cm³/mol. The van der Waals surface area contributed by atoms with Gasteiger partial charge in [0.1, 0.15) is 0 Å². The van der Waals surface area contributed by atoms with Crippen LogP contribution in [0.3, 0.4) is 0 Å². The molecule has 2 N–H and O–H groups in total. The van der Waals surface area contributed by atoms with E-state index in [4.69, 9.17) is 4.74 Å². The molecule has 3 atom stereocenters. The van der Waals surface area contributed by atoms with Crippen LogP contribution in [-0.4, -0.2) is 49.9 Å². The van der Waals surface area contributed by atoms with E-state index in [0.29, 0.717) is 12.0 Å². The zero-order chi connectivity index (χ0) is 19.7. The number of carbonyl (C=O) groups excluding carboxylic acids is 1. The number of allylic oxidation sites excluding steroid dienone is 2. The predicted octanol–water partition coefficient (Wildman–Crippen LogP) is 3.72. The van der Waals surface area contributed by atoms with E-state index in [9.17, 15) is 14.7 Å². The molecule has 0 aromatic heterocycles. The van der Waals surface area contributed by atoms with E-state index in [0.717, 1.165) is 23.3 Å². The van der Waals surface area contributed by atoms with Crippen LogP contribution in [0.25, 0.3) is 0 Å². The molecule has 0 spiro atoms. The number of ether oxygens (including phenoxy) is 1. The Morgan fingerprint density at radius 2 is 1.92 bits per heavy atom. The molecule has 1 aliphatic rings. The van der Waals surface area contributed by atoms with E-state index in [2.05, 4.69) is 32.3 Å². The number of rotatable bonds is 11. The first-order valence-electron chi connectivity index (χ1n) is 9.20. The van der Waals surface area contributed by atoms with E-state index in [1.165, 1.54) is 6.92 Å². The monoisotopic (exact) mass is 425 g/mol. The Labute approximate surface area is 161 Å². The molecular weight excluding hydrogens is 393 g/mol. The van der Waals surface area contributed by atoms with Gasteiger partial charge in [-0.2, -0.15) is 0 Å². The standard InChI is InChI=1S/C20H32AsNO4/c1-6-10-21(11-7-2)17-12-15(20(24)25)13-18(19(17)22-14(5)23)26-16(8-3)9-4/h6-7,13,16-19H,1-2,8-12H2,3-5H3,(H,22,23)(H,24,25)/t17-,18+,19-/m0/s1. The topological polar surface area (TPSA) is 75.6 Å². The Balaban J connectivity index is 3.28. The second kappa shape index (κ2) is 11.4. The van der Waals surface area contributed by atoms with Gasteiger partial charge in [-0.25, -0.2) is 0 Å². The molecule has 0 aromatic rings. The van der Waals surface area contributed by atoms with Crippen LogP contribution in [0.2, 0.25) is 15.1 Å². The molecule has 6 heteroatoms. The van der Waals surface area contributed by atoms with Crippen LogP contribution < -0.4 is 5.32 Å². The summed E-state index contributed by atoms with van der Waals surface area (Å²) in [5.41, 5.74) is 0.389. The van der Waals surface area contributed by atoms with Gasteiger partial charge in [-0.3, -0.25) is 0 Å². The third kappa shape index (κ3) is 6.44. The minimum absolute atomic E-state index is 0.0426. The van der Waals surface area contributed by atoms with Crippen molar-refractivity contribution in [2.75, 3.05) is 0 Å². The van der Waals surface area contributed by atoms with Crippen molar-refractivity contribution in [2.24, 2.45) is 0 Å². The number of hydrogen-bond acceptors (Lipinski definition) is 3. The van der Waals surface area contributed by atoms with Gasteiger partial charge >= 0.3 is 162 Å². The molecule has 0 bridgehead atoms. The van der Waals surface area contributed by atoms with Crippen LogP contribution >= 0.6 is 0 Å². The Morgan fingerprint density at radius 1 is 1.35 bits per heavy atom. The van der Waals surface area contributed by atoms with Crippen molar-refractivity contribution in [3.63, 3.8) is 0 Å². The van der Waals surface area contributed by atoms with Gasteiger partial charge in [-0.05, 0) is 0 Å². The third-order valence-electron chi connectivity index (χ3n) is 4.66. The number of amides is 1. The summed E-state index contributed by atoms with van der Waals surface area (Å²) in [4.78, 5) is 23.6. The molecule has 0 saturated heterocycles. The van der Waals surface area contributed by atoms with E-state index < -0.39 is 26.7 Å². The van der Waals surface area contributed by atoms with Gasteiger partial charge in [0.15, 0.2) is 0 Å². The molecular formula is C20H32AsNO4. The second-order valence-electron chi connectivity index (χ2n) is 6.57. The zero-order valence-corrected chi connectivity index (χ0v) is 18.0. The number of carboxylic acids is 1. The Bertz CT molecular complexity index is 532. The third-order valence-corrected chi connectivity index (χ3v) is 10.7. The van der Waals surface area contributed by atoms with Gasteiger partial charge in [-0.1, -0.05) is 0 Å².